The third-order valence-corrected chi connectivity index (χ3v) is 6.28. The Labute approximate surface area is 176 Å². The largest absolute Gasteiger partial charge is 0.477 e. The van der Waals surface area contributed by atoms with Gasteiger partial charge in [0.25, 0.3) is 0 Å². The zero-order chi connectivity index (χ0) is 21.1. The zero-order valence-electron chi connectivity index (χ0n) is 17.4. The Morgan fingerprint density at radius 3 is 2.69 bits per heavy atom. The summed E-state index contributed by atoms with van der Waals surface area (Å²) < 4.78 is 11.1. The van der Waals surface area contributed by atoms with Gasteiger partial charge in [-0.3, -0.25) is 0 Å². The molecule has 2 aliphatic rings. The minimum Gasteiger partial charge on any atom is -0.477 e. The van der Waals surface area contributed by atoms with Crippen LogP contribution in [0.1, 0.15) is 67.4 Å². The number of thiophene rings is 1. The molecule has 1 atom stereocenters. The number of carboxylic acids is 1. The van der Waals surface area contributed by atoms with Gasteiger partial charge < -0.3 is 25.0 Å². The molecular formula is C22H31NO5S. The SMILES string of the molecule is CC(C)(C)C#Cc1cc(NC2CCC(O)(CO[C@H]3CCOC3)CC2)c(C(=O)O)s1. The normalized spacial score (nSPS) is 27.3. The highest BCUT2D eigenvalue weighted by molar-refractivity contribution is 7.15. The molecule has 7 heteroatoms. The summed E-state index contributed by atoms with van der Waals surface area (Å²) in [4.78, 5) is 12.7. The number of nitrogens with one attached hydrogen (secondary N) is 1. The van der Waals surface area contributed by atoms with Crippen molar-refractivity contribution in [2.75, 3.05) is 25.1 Å². The summed E-state index contributed by atoms with van der Waals surface area (Å²) >= 11 is 1.20. The van der Waals surface area contributed by atoms with Crippen LogP contribution in [0.4, 0.5) is 5.69 Å². The molecule has 160 valence electrons. The number of aromatic carboxylic acids is 1. The topological polar surface area (TPSA) is 88.0 Å². The van der Waals surface area contributed by atoms with Crippen LogP contribution in [0.3, 0.4) is 0 Å². The van der Waals surface area contributed by atoms with Gasteiger partial charge in [0, 0.05) is 18.1 Å². The molecule has 1 aliphatic heterocycles. The molecule has 2 fully saturated rings. The van der Waals surface area contributed by atoms with Crippen molar-refractivity contribution in [3.8, 4) is 11.8 Å². The van der Waals surface area contributed by atoms with Crippen LogP contribution in [-0.4, -0.2) is 53.7 Å². The van der Waals surface area contributed by atoms with Gasteiger partial charge in [0.2, 0.25) is 0 Å². The lowest BCUT2D eigenvalue weighted by atomic mass is 9.82. The first-order chi connectivity index (χ1) is 13.6. The van der Waals surface area contributed by atoms with Crippen molar-refractivity contribution < 1.29 is 24.5 Å². The molecule has 29 heavy (non-hydrogen) atoms. The first-order valence-electron chi connectivity index (χ1n) is 10.2. The van der Waals surface area contributed by atoms with E-state index in [0.29, 0.717) is 31.7 Å². The van der Waals surface area contributed by atoms with E-state index in [0.717, 1.165) is 30.7 Å². The van der Waals surface area contributed by atoms with Crippen molar-refractivity contribution in [3.05, 3.63) is 15.8 Å². The van der Waals surface area contributed by atoms with Gasteiger partial charge in [-0.1, -0.05) is 11.8 Å². The molecule has 1 aromatic heterocycles. The van der Waals surface area contributed by atoms with E-state index in [1.54, 1.807) is 0 Å². The fourth-order valence-corrected chi connectivity index (χ4v) is 4.36. The first kappa shape index (κ1) is 22.1. The van der Waals surface area contributed by atoms with E-state index >= 15 is 0 Å². The molecule has 0 amide bonds. The number of aliphatic hydroxyl groups is 1. The van der Waals surface area contributed by atoms with E-state index in [4.69, 9.17) is 9.47 Å². The van der Waals surface area contributed by atoms with Crippen LogP contribution < -0.4 is 5.32 Å². The molecule has 3 N–H and O–H groups in total. The van der Waals surface area contributed by atoms with Crippen LogP contribution in [0.5, 0.6) is 0 Å². The summed E-state index contributed by atoms with van der Waals surface area (Å²) in [6.45, 7) is 7.74. The first-order valence-corrected chi connectivity index (χ1v) is 11.0. The molecule has 0 radical (unpaired) electrons. The number of ether oxygens (including phenoxy) is 2. The third-order valence-electron chi connectivity index (χ3n) is 5.24. The Morgan fingerprint density at radius 1 is 1.38 bits per heavy atom. The number of carbonyl (C=O) groups is 1. The van der Waals surface area contributed by atoms with Gasteiger partial charge in [-0.2, -0.15) is 0 Å². The second kappa shape index (κ2) is 9.05. The Hall–Kier alpha value is -1.59. The molecule has 0 bridgehead atoms. The average Bonchev–Trinajstić information content (AvgIpc) is 3.30. The lowest BCUT2D eigenvalue weighted by Gasteiger charge is -2.36. The van der Waals surface area contributed by atoms with Crippen LogP contribution in [0.25, 0.3) is 0 Å². The molecule has 1 aromatic rings. The standard InChI is InChI=1S/C22H31NO5S/c1-21(2,3)8-6-17-12-18(19(29-17)20(24)25)23-15-4-9-22(26,10-5-15)14-28-16-7-11-27-13-16/h12,15-16,23,26H,4-5,7,9-11,13-14H2,1-3H3,(H,24,25)/t15?,16-,22?/m0/s1. The molecule has 0 aromatic carbocycles. The van der Waals surface area contributed by atoms with Crippen LogP contribution in [0, 0.1) is 17.3 Å². The fraction of sp³-hybridized carbons (Fsp3) is 0.682. The average molecular weight is 422 g/mol. The molecular weight excluding hydrogens is 390 g/mol. The number of rotatable bonds is 6. The highest BCUT2D eigenvalue weighted by Gasteiger charge is 2.35. The highest BCUT2D eigenvalue weighted by Crippen LogP contribution is 2.34. The van der Waals surface area contributed by atoms with Crippen molar-refractivity contribution in [2.45, 2.75) is 70.6 Å². The van der Waals surface area contributed by atoms with Crippen LogP contribution in [-0.2, 0) is 9.47 Å². The van der Waals surface area contributed by atoms with Gasteiger partial charge >= 0.3 is 5.97 Å². The predicted octanol–water partition coefficient (Wildman–Crippen LogP) is 3.74. The molecule has 0 spiro atoms. The van der Waals surface area contributed by atoms with E-state index in [-0.39, 0.29) is 22.4 Å². The Bertz CT molecular complexity index is 771. The zero-order valence-corrected chi connectivity index (χ0v) is 18.2. The maximum absolute atomic E-state index is 11.6. The maximum Gasteiger partial charge on any atom is 0.348 e. The van der Waals surface area contributed by atoms with Gasteiger partial charge in [0.05, 0.1) is 35.5 Å². The predicted molar refractivity (Wildman–Crippen MR) is 114 cm³/mol. The maximum atomic E-state index is 11.6. The molecule has 1 saturated heterocycles. The summed E-state index contributed by atoms with van der Waals surface area (Å²) in [6, 6.07) is 1.96. The number of hydrogen-bond donors (Lipinski definition) is 3. The monoisotopic (exact) mass is 421 g/mol. The lowest BCUT2D eigenvalue weighted by molar-refractivity contribution is -0.0916. The Morgan fingerprint density at radius 2 is 2.10 bits per heavy atom. The molecule has 3 rings (SSSR count). The summed E-state index contributed by atoms with van der Waals surface area (Å²) in [7, 11) is 0. The minimum absolute atomic E-state index is 0.0893. The molecule has 6 nitrogen and oxygen atoms in total. The van der Waals surface area contributed by atoms with E-state index in [1.807, 2.05) is 26.8 Å². The minimum atomic E-state index is -0.944. The van der Waals surface area contributed by atoms with Crippen molar-refractivity contribution in [1.29, 1.82) is 0 Å². The quantitative estimate of drug-likeness (QED) is 0.607. The second-order valence-electron chi connectivity index (χ2n) is 9.10. The lowest BCUT2D eigenvalue weighted by Crippen LogP contribution is -2.43. The number of carboxylic acid groups (broad SMARTS) is 1. The van der Waals surface area contributed by atoms with Crippen molar-refractivity contribution in [2.24, 2.45) is 5.41 Å². The van der Waals surface area contributed by atoms with Crippen LogP contribution >= 0.6 is 11.3 Å². The third kappa shape index (κ3) is 6.45. The second-order valence-corrected chi connectivity index (χ2v) is 10.2. The summed E-state index contributed by atoms with van der Waals surface area (Å²) in [5.74, 6) is 5.30. The van der Waals surface area contributed by atoms with E-state index < -0.39 is 11.6 Å². The van der Waals surface area contributed by atoms with Crippen molar-refractivity contribution in [3.63, 3.8) is 0 Å². The number of anilines is 1. The van der Waals surface area contributed by atoms with E-state index in [2.05, 4.69) is 17.2 Å². The van der Waals surface area contributed by atoms with Crippen molar-refractivity contribution in [1.82, 2.24) is 0 Å². The van der Waals surface area contributed by atoms with Gasteiger partial charge in [-0.25, -0.2) is 4.79 Å². The van der Waals surface area contributed by atoms with Gasteiger partial charge in [0.15, 0.2) is 0 Å². The molecule has 2 heterocycles. The fourth-order valence-electron chi connectivity index (χ4n) is 3.55. The highest BCUT2D eigenvalue weighted by atomic mass is 32.1. The molecule has 0 unspecified atom stereocenters. The summed E-state index contributed by atoms with van der Waals surface area (Å²) in [5, 5.41) is 23.7. The van der Waals surface area contributed by atoms with E-state index in [1.165, 1.54) is 11.3 Å². The van der Waals surface area contributed by atoms with Crippen molar-refractivity contribution >= 4 is 23.0 Å². The molecule has 1 aliphatic carbocycles. The Kier molecular flexibility index (Phi) is 6.90. The van der Waals surface area contributed by atoms with Gasteiger partial charge in [0.1, 0.15) is 4.88 Å². The summed E-state index contributed by atoms with van der Waals surface area (Å²) in [5.41, 5.74) is -0.328. The number of hydrogen-bond acceptors (Lipinski definition) is 6. The summed E-state index contributed by atoms with van der Waals surface area (Å²) in [6.07, 6.45) is 3.75. The van der Waals surface area contributed by atoms with Gasteiger partial charge in [-0.15, -0.1) is 11.3 Å². The van der Waals surface area contributed by atoms with Gasteiger partial charge in [-0.05, 0) is 58.9 Å². The molecule has 1 saturated carbocycles. The Balaban J connectivity index is 1.58. The smallest absolute Gasteiger partial charge is 0.348 e. The van der Waals surface area contributed by atoms with E-state index in [9.17, 15) is 15.0 Å². The van der Waals surface area contributed by atoms with Crippen LogP contribution in [0.15, 0.2) is 6.07 Å². The van der Waals surface area contributed by atoms with Crippen LogP contribution in [0.2, 0.25) is 0 Å².